The van der Waals surface area contributed by atoms with Crippen LogP contribution in [0.2, 0.25) is 0 Å². The van der Waals surface area contributed by atoms with Crippen molar-refractivity contribution in [2.75, 3.05) is 0 Å². The van der Waals surface area contributed by atoms with Gasteiger partial charge < -0.3 is 10.4 Å². The molecule has 102 valence electrons. The molecule has 1 aromatic carbocycles. The molecule has 2 N–H and O–H groups in total. The molecule has 2 unspecified atom stereocenters. The molecule has 2 heterocycles. The number of piperidine rings is 1. The fourth-order valence-electron chi connectivity index (χ4n) is 2.49. The number of benzene rings is 1. The number of aliphatic hydroxyl groups excluding tert-OH is 1. The zero-order chi connectivity index (χ0) is 14.4. The van der Waals surface area contributed by atoms with Gasteiger partial charge in [-0.1, -0.05) is 36.6 Å². The number of rotatable bonds is 1. The Morgan fingerprint density at radius 3 is 2.20 bits per heavy atom. The number of hydrogen-bond donors (Lipinski definition) is 2. The van der Waals surface area contributed by atoms with Gasteiger partial charge in [0, 0.05) is 6.42 Å². The highest BCUT2D eigenvalue weighted by molar-refractivity contribution is 7.82. The fraction of sp³-hybridized carbons (Fsp3) is 0.231. The summed E-state index contributed by atoms with van der Waals surface area (Å²) in [6.45, 7) is 0. The molecule has 2 aliphatic rings. The maximum Gasteiger partial charge on any atom is 0.262 e. The zero-order valence-corrected chi connectivity index (χ0v) is 11.8. The maximum absolute atomic E-state index is 12.4. The van der Waals surface area contributed by atoms with E-state index in [1.54, 1.807) is 24.3 Å². The van der Waals surface area contributed by atoms with Crippen LogP contribution in [-0.4, -0.2) is 43.9 Å². The number of carbonyl (C=O) groups excluding carboxylic acids is 2. The van der Waals surface area contributed by atoms with Crippen LogP contribution in [0.5, 0.6) is 0 Å². The Morgan fingerprint density at radius 1 is 1.15 bits per heavy atom. The van der Waals surface area contributed by atoms with Crippen LogP contribution in [0.4, 0.5) is 0 Å². The van der Waals surface area contributed by atoms with Crippen LogP contribution in [0.1, 0.15) is 27.1 Å². The topological polar surface area (TPSA) is 69.6 Å². The predicted octanol–water partition coefficient (Wildman–Crippen LogP) is 0.660. The summed E-state index contributed by atoms with van der Waals surface area (Å²) in [5.74, 6) is -0.877. The SMILES string of the molecule is O=C1c2ccccc2C(=O)N1C1C(=S)NC(=S)CC1O. The quantitative estimate of drug-likeness (QED) is 0.587. The molecule has 0 radical (unpaired) electrons. The van der Waals surface area contributed by atoms with Crippen molar-refractivity contribution in [3.05, 3.63) is 35.4 Å². The largest absolute Gasteiger partial charge is 0.390 e. The Hall–Kier alpha value is -1.70. The molecule has 0 bridgehead atoms. The monoisotopic (exact) mass is 306 g/mol. The molecule has 1 saturated heterocycles. The molecule has 1 aromatic rings. The van der Waals surface area contributed by atoms with Gasteiger partial charge >= 0.3 is 0 Å². The Balaban J connectivity index is 2.00. The number of nitrogens with one attached hydrogen (secondary N) is 1. The third-order valence-electron chi connectivity index (χ3n) is 3.39. The predicted molar refractivity (Wildman–Crippen MR) is 79.7 cm³/mol. The molecule has 20 heavy (non-hydrogen) atoms. The van der Waals surface area contributed by atoms with Crippen molar-refractivity contribution in [2.45, 2.75) is 18.6 Å². The summed E-state index contributed by atoms with van der Waals surface area (Å²) >= 11 is 10.1. The van der Waals surface area contributed by atoms with E-state index >= 15 is 0 Å². The van der Waals surface area contributed by atoms with Gasteiger partial charge in [0.1, 0.15) is 11.0 Å². The molecule has 2 atom stereocenters. The van der Waals surface area contributed by atoms with Gasteiger partial charge in [0.15, 0.2) is 0 Å². The summed E-state index contributed by atoms with van der Waals surface area (Å²) in [6, 6.07) is 5.69. The van der Waals surface area contributed by atoms with E-state index < -0.39 is 24.0 Å². The van der Waals surface area contributed by atoms with Gasteiger partial charge in [0.2, 0.25) is 0 Å². The van der Waals surface area contributed by atoms with Crippen molar-refractivity contribution in [3.8, 4) is 0 Å². The summed E-state index contributed by atoms with van der Waals surface area (Å²) in [6.07, 6.45) is -0.799. The van der Waals surface area contributed by atoms with Gasteiger partial charge in [-0.25, -0.2) is 0 Å². The average Bonchev–Trinajstić information content (AvgIpc) is 2.64. The molecule has 0 aromatic heterocycles. The normalized spacial score (nSPS) is 25.8. The number of nitrogens with zero attached hydrogens (tertiary/aromatic N) is 1. The average molecular weight is 306 g/mol. The lowest BCUT2D eigenvalue weighted by atomic mass is 10.0. The van der Waals surface area contributed by atoms with Crippen LogP contribution >= 0.6 is 24.4 Å². The van der Waals surface area contributed by atoms with Crippen molar-refractivity contribution in [1.82, 2.24) is 10.2 Å². The van der Waals surface area contributed by atoms with E-state index in [4.69, 9.17) is 24.4 Å². The van der Waals surface area contributed by atoms with Crippen LogP contribution in [-0.2, 0) is 0 Å². The van der Waals surface area contributed by atoms with Crippen LogP contribution in [0.25, 0.3) is 0 Å². The van der Waals surface area contributed by atoms with Gasteiger partial charge in [0.25, 0.3) is 11.8 Å². The van der Waals surface area contributed by atoms with Crippen molar-refractivity contribution in [1.29, 1.82) is 0 Å². The summed E-state index contributed by atoms with van der Waals surface area (Å²) in [5.41, 5.74) is 0.668. The van der Waals surface area contributed by atoms with Crippen LogP contribution in [0.15, 0.2) is 24.3 Å². The van der Waals surface area contributed by atoms with E-state index in [0.717, 1.165) is 4.90 Å². The number of thiocarbonyl (C=S) groups is 2. The maximum atomic E-state index is 12.4. The number of amides is 2. The number of aliphatic hydroxyl groups is 1. The lowest BCUT2D eigenvalue weighted by Crippen LogP contribution is -2.59. The Labute approximate surface area is 125 Å². The summed E-state index contributed by atoms with van der Waals surface area (Å²) in [5, 5.41) is 12.9. The summed E-state index contributed by atoms with van der Waals surface area (Å²) in [4.78, 5) is 26.3. The minimum Gasteiger partial charge on any atom is -0.390 e. The molecule has 2 amide bonds. The van der Waals surface area contributed by atoms with Crippen LogP contribution in [0.3, 0.4) is 0 Å². The first-order valence-corrected chi connectivity index (χ1v) is 6.81. The van der Waals surface area contributed by atoms with Gasteiger partial charge in [-0.15, -0.1) is 0 Å². The molecule has 2 aliphatic heterocycles. The number of hydrogen-bond acceptors (Lipinski definition) is 5. The van der Waals surface area contributed by atoms with E-state index in [0.29, 0.717) is 16.1 Å². The first kappa shape index (κ1) is 13.3. The minimum atomic E-state index is -0.974. The van der Waals surface area contributed by atoms with E-state index in [1.807, 2.05) is 0 Å². The minimum absolute atomic E-state index is 0.174. The molecule has 0 spiro atoms. The third kappa shape index (κ3) is 1.86. The molecule has 1 fully saturated rings. The standard InChI is InChI=1S/C13H10N2O3S2/c16-8-5-9(19)14-11(20)10(8)15-12(17)6-3-1-2-4-7(6)13(15)18/h1-4,8,10,16H,5H2,(H,14,19,20). The fourth-order valence-corrected chi connectivity index (χ4v) is 3.22. The molecule has 0 aliphatic carbocycles. The summed E-state index contributed by atoms with van der Waals surface area (Å²) < 4.78 is 0. The molecular weight excluding hydrogens is 296 g/mol. The Kier molecular flexibility index (Phi) is 3.12. The van der Waals surface area contributed by atoms with Crippen molar-refractivity contribution < 1.29 is 14.7 Å². The van der Waals surface area contributed by atoms with Gasteiger partial charge in [-0.2, -0.15) is 0 Å². The highest BCUT2D eigenvalue weighted by Crippen LogP contribution is 2.27. The van der Waals surface area contributed by atoms with E-state index in [9.17, 15) is 14.7 Å². The first-order chi connectivity index (χ1) is 9.50. The Morgan fingerprint density at radius 2 is 1.70 bits per heavy atom. The van der Waals surface area contributed by atoms with Gasteiger partial charge in [-0.05, 0) is 12.1 Å². The number of carbonyl (C=O) groups is 2. The van der Waals surface area contributed by atoms with Crippen molar-refractivity contribution in [2.24, 2.45) is 0 Å². The first-order valence-electron chi connectivity index (χ1n) is 5.99. The van der Waals surface area contributed by atoms with Crippen molar-refractivity contribution in [3.63, 3.8) is 0 Å². The van der Waals surface area contributed by atoms with Gasteiger partial charge in [0.05, 0.1) is 22.2 Å². The lowest BCUT2D eigenvalue weighted by molar-refractivity contribution is 0.0465. The summed E-state index contributed by atoms with van der Waals surface area (Å²) in [7, 11) is 0. The molecule has 3 rings (SSSR count). The van der Waals surface area contributed by atoms with Crippen molar-refractivity contribution >= 4 is 46.2 Å². The zero-order valence-electron chi connectivity index (χ0n) is 10.2. The van der Waals surface area contributed by atoms with Crippen LogP contribution < -0.4 is 5.32 Å². The number of fused-ring (bicyclic) bond motifs is 1. The third-order valence-corrected chi connectivity index (χ3v) is 4.01. The Bertz CT molecular complexity index is 624. The van der Waals surface area contributed by atoms with Crippen LogP contribution in [0, 0.1) is 0 Å². The second-order valence-electron chi connectivity index (χ2n) is 4.65. The van der Waals surface area contributed by atoms with E-state index in [-0.39, 0.29) is 11.4 Å². The smallest absolute Gasteiger partial charge is 0.262 e. The molecule has 5 nitrogen and oxygen atoms in total. The lowest BCUT2D eigenvalue weighted by Gasteiger charge is -2.35. The highest BCUT2D eigenvalue weighted by Gasteiger charge is 2.45. The molecular formula is C13H10N2O3S2. The van der Waals surface area contributed by atoms with E-state index in [2.05, 4.69) is 5.32 Å². The van der Waals surface area contributed by atoms with E-state index in [1.165, 1.54) is 0 Å². The van der Waals surface area contributed by atoms with Gasteiger partial charge in [-0.3, -0.25) is 14.5 Å². The second-order valence-corrected chi connectivity index (χ2v) is 5.59. The number of imide groups is 1. The molecule has 7 heteroatoms. The highest BCUT2D eigenvalue weighted by atomic mass is 32.1. The second kappa shape index (κ2) is 4.69. The molecule has 0 saturated carbocycles.